The van der Waals surface area contributed by atoms with Crippen LogP contribution in [0, 0.1) is 5.92 Å². The number of carbonyl (C=O) groups is 3. The minimum atomic E-state index is -1.40. The van der Waals surface area contributed by atoms with Gasteiger partial charge in [0.25, 0.3) is 5.91 Å². The Bertz CT molecular complexity index is 1340. The van der Waals surface area contributed by atoms with Crippen LogP contribution in [0.25, 0.3) is 11.2 Å². The molecule has 0 spiro atoms. The van der Waals surface area contributed by atoms with E-state index in [9.17, 15) is 24.6 Å². The number of rotatable bonds is 8. The lowest BCUT2D eigenvalue weighted by atomic mass is 9.91. The Morgan fingerprint density at radius 2 is 1.90 bits per heavy atom. The third kappa shape index (κ3) is 5.72. The molecule has 6 rings (SSSR count). The molecule has 3 saturated heterocycles. The van der Waals surface area contributed by atoms with Crippen LogP contribution in [0.1, 0.15) is 63.4 Å². The fourth-order valence-electron chi connectivity index (χ4n) is 5.96. The second-order valence-corrected chi connectivity index (χ2v) is 11.8. The van der Waals surface area contributed by atoms with E-state index in [0.29, 0.717) is 55.3 Å². The normalized spacial score (nSPS) is 28.5. The first-order valence-corrected chi connectivity index (χ1v) is 14.7. The number of carbonyl (C=O) groups excluding carboxylic acids is 3. The van der Waals surface area contributed by atoms with Gasteiger partial charge in [-0.05, 0) is 44.4 Å². The van der Waals surface area contributed by atoms with E-state index < -0.39 is 36.7 Å². The maximum Gasteiger partial charge on any atom is 0.411 e. The predicted octanol–water partition coefficient (Wildman–Crippen LogP) is 0.0559. The fourth-order valence-corrected chi connectivity index (χ4v) is 5.96. The van der Waals surface area contributed by atoms with Gasteiger partial charge in [-0.2, -0.15) is 0 Å². The molecule has 15 heteroatoms. The summed E-state index contributed by atoms with van der Waals surface area (Å²) >= 11 is 0. The molecule has 3 aliphatic heterocycles. The summed E-state index contributed by atoms with van der Waals surface area (Å²) in [5.41, 5.74) is 6.90. The van der Waals surface area contributed by atoms with Crippen LogP contribution in [0.5, 0.6) is 0 Å². The second kappa shape index (κ2) is 11.6. The van der Waals surface area contributed by atoms with Crippen molar-refractivity contribution in [2.45, 2.75) is 94.6 Å². The molecule has 5 heterocycles. The van der Waals surface area contributed by atoms with E-state index in [4.69, 9.17) is 15.2 Å². The minimum Gasteiger partial charge on any atom is -0.425 e. The lowest BCUT2D eigenvalue weighted by Crippen LogP contribution is -2.43. The Balaban J connectivity index is 1.02. The highest BCUT2D eigenvalue weighted by atomic mass is 16.6. The van der Waals surface area contributed by atoms with Crippen LogP contribution in [0.4, 0.5) is 10.6 Å². The first-order chi connectivity index (χ1) is 20.2. The van der Waals surface area contributed by atoms with Crippen LogP contribution in [0.15, 0.2) is 6.33 Å². The molecule has 2 aromatic heterocycles. The maximum absolute atomic E-state index is 12.6. The van der Waals surface area contributed by atoms with Crippen LogP contribution in [-0.4, -0.2) is 108 Å². The van der Waals surface area contributed by atoms with Crippen LogP contribution < -0.4 is 11.1 Å². The number of nitrogens with one attached hydrogen (secondary N) is 1. The van der Waals surface area contributed by atoms with Crippen molar-refractivity contribution in [3.8, 4) is 0 Å². The molecule has 2 unspecified atom stereocenters. The van der Waals surface area contributed by atoms with Crippen LogP contribution >= 0.6 is 0 Å². The van der Waals surface area contributed by atoms with Crippen molar-refractivity contribution in [3.05, 3.63) is 12.2 Å². The van der Waals surface area contributed by atoms with Gasteiger partial charge in [-0.1, -0.05) is 0 Å². The van der Waals surface area contributed by atoms with Crippen molar-refractivity contribution in [1.29, 1.82) is 0 Å². The molecule has 0 radical (unpaired) electrons. The number of hydrogen-bond donors (Lipinski definition) is 4. The van der Waals surface area contributed by atoms with E-state index in [2.05, 4.69) is 20.3 Å². The molecular formula is C27H38N8O7. The van der Waals surface area contributed by atoms with E-state index in [1.54, 1.807) is 11.9 Å². The number of imidazole rings is 1. The fraction of sp³-hybridized carbons (Fsp3) is 0.704. The number of hydrogen-bond acceptors (Lipinski definition) is 11. The average molecular weight is 587 g/mol. The predicted molar refractivity (Wildman–Crippen MR) is 146 cm³/mol. The molecule has 5 N–H and O–H groups in total. The van der Waals surface area contributed by atoms with Gasteiger partial charge in [0.2, 0.25) is 5.91 Å². The van der Waals surface area contributed by atoms with Gasteiger partial charge in [-0.3, -0.25) is 14.2 Å². The van der Waals surface area contributed by atoms with Gasteiger partial charge in [-0.25, -0.2) is 19.7 Å². The van der Waals surface area contributed by atoms with Crippen molar-refractivity contribution in [1.82, 2.24) is 34.6 Å². The summed E-state index contributed by atoms with van der Waals surface area (Å²) in [7, 11) is 1.66. The summed E-state index contributed by atoms with van der Waals surface area (Å²) in [4.78, 5) is 53.3. The molecular weight excluding hydrogens is 548 g/mol. The standard InChI is InChI=1S/C27H38N8O7/c1-33-17(36)7-8-18(33)41-27(40)34-11-9-14(10-12-34)3-2-4-16-31-23(28)19-24(32-16)35(13-29-19)26-21(38)20(37)22(42-26)25(39)30-15-5-6-15/h13-15,18,20-22,26,37-38H,2-12H2,1H3,(H,30,39)(H2,28,31,32)/t18?,20-,21?,22+,26-/m1/s1. The Hall–Kier alpha value is -3.56. The van der Waals surface area contributed by atoms with Gasteiger partial charge >= 0.3 is 6.09 Å². The number of piperidine rings is 1. The van der Waals surface area contributed by atoms with E-state index in [0.717, 1.165) is 38.5 Å². The first kappa shape index (κ1) is 28.6. The molecule has 0 bridgehead atoms. The largest absolute Gasteiger partial charge is 0.425 e. The summed E-state index contributed by atoms with van der Waals surface area (Å²) in [6.07, 6.45) is 2.29. The van der Waals surface area contributed by atoms with Crippen LogP contribution in [-0.2, 0) is 25.5 Å². The zero-order valence-electron chi connectivity index (χ0n) is 23.6. The van der Waals surface area contributed by atoms with Crippen LogP contribution in [0.2, 0.25) is 0 Å². The second-order valence-electron chi connectivity index (χ2n) is 11.8. The number of aromatic nitrogens is 4. The number of aliphatic hydroxyl groups excluding tert-OH is 2. The first-order valence-electron chi connectivity index (χ1n) is 14.7. The Morgan fingerprint density at radius 1 is 1.14 bits per heavy atom. The monoisotopic (exact) mass is 586 g/mol. The summed E-state index contributed by atoms with van der Waals surface area (Å²) in [5.74, 6) is 0.705. The Morgan fingerprint density at radius 3 is 2.60 bits per heavy atom. The number of nitrogens with zero attached hydrogens (tertiary/aromatic N) is 6. The molecule has 5 atom stereocenters. The highest BCUT2D eigenvalue weighted by Crippen LogP contribution is 2.33. The van der Waals surface area contributed by atoms with Gasteiger partial charge in [0.1, 0.15) is 23.5 Å². The maximum atomic E-state index is 12.6. The molecule has 3 amide bonds. The van der Waals surface area contributed by atoms with Gasteiger partial charge in [-0.15, -0.1) is 0 Å². The number of aryl methyl sites for hydroxylation is 1. The molecule has 42 heavy (non-hydrogen) atoms. The number of anilines is 1. The smallest absolute Gasteiger partial charge is 0.411 e. The van der Waals surface area contributed by atoms with Crippen molar-refractivity contribution in [2.75, 3.05) is 25.9 Å². The number of fused-ring (bicyclic) bond motifs is 1. The van der Waals surface area contributed by atoms with E-state index in [1.165, 1.54) is 15.8 Å². The summed E-state index contributed by atoms with van der Waals surface area (Å²) in [5, 5.41) is 24.0. The van der Waals surface area contributed by atoms with Crippen molar-refractivity contribution in [2.24, 2.45) is 5.92 Å². The van der Waals surface area contributed by atoms with Gasteiger partial charge in [0.05, 0.1) is 6.33 Å². The third-order valence-corrected chi connectivity index (χ3v) is 8.74. The molecule has 15 nitrogen and oxygen atoms in total. The van der Waals surface area contributed by atoms with Crippen molar-refractivity contribution >= 4 is 34.9 Å². The van der Waals surface area contributed by atoms with Gasteiger partial charge in [0, 0.05) is 45.4 Å². The SMILES string of the molecule is CN1C(=O)CCC1OC(=O)N1CCC(CCCc2nc(N)c3ncn([C@@H]4O[C@H](C(=O)NC5CC5)[C@H](O)C4O)c3n2)CC1. The van der Waals surface area contributed by atoms with E-state index >= 15 is 0 Å². The number of nitrogens with two attached hydrogens (primary N) is 1. The molecule has 1 saturated carbocycles. The topological polar surface area (TPSA) is 198 Å². The summed E-state index contributed by atoms with van der Waals surface area (Å²) < 4.78 is 12.8. The van der Waals surface area contributed by atoms with Crippen molar-refractivity contribution in [3.63, 3.8) is 0 Å². The molecule has 228 valence electrons. The highest BCUT2D eigenvalue weighted by Gasteiger charge is 2.48. The number of aliphatic hydroxyl groups is 2. The van der Waals surface area contributed by atoms with E-state index in [1.807, 2.05) is 0 Å². The number of amides is 3. The average Bonchev–Trinajstić information content (AvgIpc) is 3.50. The highest BCUT2D eigenvalue weighted by molar-refractivity contribution is 5.83. The van der Waals surface area contributed by atoms with Crippen molar-refractivity contribution < 1.29 is 34.1 Å². The van der Waals surface area contributed by atoms with E-state index in [-0.39, 0.29) is 23.9 Å². The molecule has 4 fully saturated rings. The lowest BCUT2D eigenvalue weighted by Gasteiger charge is -2.32. The summed E-state index contributed by atoms with van der Waals surface area (Å²) in [6, 6.07) is 0.0923. The third-order valence-electron chi connectivity index (χ3n) is 8.74. The molecule has 1 aliphatic carbocycles. The summed E-state index contributed by atoms with van der Waals surface area (Å²) in [6.45, 7) is 1.22. The Kier molecular flexibility index (Phi) is 7.89. The van der Waals surface area contributed by atoms with Crippen LogP contribution in [0.3, 0.4) is 0 Å². The zero-order valence-corrected chi connectivity index (χ0v) is 23.6. The molecule has 4 aliphatic rings. The quantitative estimate of drug-likeness (QED) is 0.326. The minimum absolute atomic E-state index is 0.00840. The molecule has 2 aromatic rings. The number of likely N-dealkylation sites (tertiary alicyclic amines) is 2. The molecule has 0 aromatic carbocycles. The van der Waals surface area contributed by atoms with Gasteiger partial charge in [0.15, 0.2) is 30.0 Å². The lowest BCUT2D eigenvalue weighted by molar-refractivity contribution is -0.137. The van der Waals surface area contributed by atoms with Gasteiger partial charge < -0.3 is 40.5 Å². The number of ether oxygens (including phenoxy) is 2. The number of nitrogen functional groups attached to an aromatic ring is 1. The zero-order chi connectivity index (χ0) is 29.5. The Labute approximate surface area is 242 Å².